The molecule has 45 heavy (non-hydrogen) atoms. The number of carbonyl (C=O) groups excluding carboxylic acids is 4. The Hall–Kier alpha value is -5.29. The van der Waals surface area contributed by atoms with Crippen molar-refractivity contribution in [3.05, 3.63) is 68.3 Å². The lowest BCUT2D eigenvalue weighted by atomic mass is 9.58. The van der Waals surface area contributed by atoms with Gasteiger partial charge in [0.05, 0.1) is 17.8 Å². The second kappa shape index (κ2) is 11.3. The van der Waals surface area contributed by atoms with Gasteiger partial charge in [0, 0.05) is 49.4 Å². The van der Waals surface area contributed by atoms with Crippen LogP contribution in [0.25, 0.3) is 0 Å². The van der Waals surface area contributed by atoms with E-state index in [-0.39, 0.29) is 41.8 Å². The second-order valence-electron chi connectivity index (χ2n) is 11.4. The highest BCUT2D eigenvalue weighted by Crippen LogP contribution is 2.54. The van der Waals surface area contributed by atoms with E-state index in [1.165, 1.54) is 31.3 Å². The van der Waals surface area contributed by atoms with E-state index in [4.69, 9.17) is 10.4 Å². The third kappa shape index (κ3) is 4.67. The van der Waals surface area contributed by atoms with E-state index in [0.717, 1.165) is 0 Å². The maximum absolute atomic E-state index is 14.2. The molecule has 0 saturated heterocycles. The molecule has 0 fully saturated rings. The molecule has 0 aliphatic heterocycles. The molecule has 0 saturated carbocycles. The summed E-state index contributed by atoms with van der Waals surface area (Å²) in [5.74, 6) is -2.77. The molecule has 1 heterocycles. The van der Waals surface area contributed by atoms with E-state index >= 15 is 0 Å². The smallest absolute Gasteiger partial charge is 0.302 e. The molecule has 0 radical (unpaired) electrons. The molecule has 6 N–H and O–H groups in total. The fraction of sp³-hybridized carbons (Fsp3) is 0.393. The van der Waals surface area contributed by atoms with Crippen molar-refractivity contribution in [2.75, 3.05) is 33.1 Å². The molecule has 0 spiro atoms. The van der Waals surface area contributed by atoms with Crippen molar-refractivity contribution in [3.63, 3.8) is 0 Å². The number of nitrogens with one attached hydrogen (secondary N) is 1. The van der Waals surface area contributed by atoms with Crippen molar-refractivity contribution in [3.8, 4) is 5.75 Å². The number of phenolic OH excluding ortho intramolecular Hbond substituents is 1. The summed E-state index contributed by atoms with van der Waals surface area (Å²) in [4.78, 5) is 68.4. The van der Waals surface area contributed by atoms with Crippen LogP contribution in [0.2, 0.25) is 0 Å². The predicted octanol–water partition coefficient (Wildman–Crippen LogP) is 0.680. The van der Waals surface area contributed by atoms with Crippen LogP contribution < -0.4 is 16.1 Å². The van der Waals surface area contributed by atoms with E-state index in [1.807, 2.05) is 0 Å². The molecule has 236 valence electrons. The predicted molar refractivity (Wildman–Crippen MR) is 154 cm³/mol. The second-order valence-corrected chi connectivity index (χ2v) is 11.4. The van der Waals surface area contributed by atoms with Crippen LogP contribution in [0.4, 0.5) is 5.69 Å². The summed E-state index contributed by atoms with van der Waals surface area (Å²) in [7, 11) is 6.51. The number of aliphatic hydroxyl groups excluding tert-OH is 1. The number of rotatable bonds is 7. The van der Waals surface area contributed by atoms with Gasteiger partial charge in [-0.05, 0) is 49.7 Å². The van der Waals surface area contributed by atoms with Gasteiger partial charge in [-0.15, -0.1) is 4.91 Å². The summed E-state index contributed by atoms with van der Waals surface area (Å²) < 4.78 is 4.85. The molecule has 1 aromatic heterocycles. The monoisotopic (exact) mass is 622 g/mol. The number of nitroso groups, excluding NO2 is 1. The maximum Gasteiger partial charge on any atom is 0.302 e. The van der Waals surface area contributed by atoms with E-state index in [1.54, 1.807) is 25.1 Å². The zero-order valence-electron chi connectivity index (χ0n) is 24.6. The standard InChI is InChI=1S/C28H30N8O9/c1-35(2)15-9-12(10-30-26(41)16-5-6-31-45-16)22(37)18-13(15)7-11-8-14-21(36(3)4)20(33-44)19(27(42)32-34-29)25(40)28(14,43)24(39)17(11)23(18)38/h5-6,9,11,14,21,37,39,43H,7-8,10H2,1-4H3,(H,30,41)(H2,29,32,42)/t11-,14-,21?,28-/m0/s1. The van der Waals surface area contributed by atoms with E-state index in [2.05, 4.69) is 26.0 Å². The number of likely N-dealkylation sites (N-methyl/N-ethyl adjacent to an activating group) is 1. The van der Waals surface area contributed by atoms with Crippen LogP contribution in [0.15, 0.2) is 61.0 Å². The van der Waals surface area contributed by atoms with Crippen molar-refractivity contribution in [2.45, 2.75) is 31.0 Å². The van der Waals surface area contributed by atoms with E-state index in [0.29, 0.717) is 11.3 Å². The number of carbonyl (C=O) groups is 4. The van der Waals surface area contributed by atoms with Crippen molar-refractivity contribution in [1.29, 1.82) is 0 Å². The Bertz CT molecular complexity index is 1730. The van der Waals surface area contributed by atoms with Gasteiger partial charge in [0.25, 0.3) is 5.91 Å². The van der Waals surface area contributed by atoms with Crippen LogP contribution in [0.1, 0.15) is 38.5 Å². The largest absolute Gasteiger partial charge is 0.508 e. The first-order chi connectivity index (χ1) is 21.3. The molecule has 0 bridgehead atoms. The quantitative estimate of drug-likeness (QED) is 0.0937. The first-order valence-corrected chi connectivity index (χ1v) is 13.7. The molecular formula is C28H30N8O9. The Balaban J connectivity index is 1.66. The minimum Gasteiger partial charge on any atom is -0.508 e. The molecule has 3 aliphatic carbocycles. The average Bonchev–Trinajstić information content (AvgIpc) is 3.53. The number of phenols is 1. The lowest BCUT2D eigenvalue weighted by molar-refractivity contribution is -0.146. The summed E-state index contributed by atoms with van der Waals surface area (Å²) in [6, 6.07) is 1.81. The molecular weight excluding hydrogens is 592 g/mol. The Kier molecular flexibility index (Phi) is 7.84. The Morgan fingerprint density at radius 1 is 1.22 bits per heavy atom. The number of aromatic hydroxyl groups is 1. The van der Waals surface area contributed by atoms with Gasteiger partial charge in [0.1, 0.15) is 22.8 Å². The Labute approximate surface area is 255 Å². The SMILES string of the molecule is CN(C)c1cc(CNC(=O)c2ccno2)c(O)c2c1C[C@H]1C[C@H]3C(N(C)C)C(N=O)=C(C(=O)N=NN)C(=O)[C@@]3(O)C(O)=C1C2=O. The summed E-state index contributed by atoms with van der Waals surface area (Å²) in [6.07, 6.45) is 1.30. The fourth-order valence-electron chi connectivity index (χ4n) is 6.65. The fourth-order valence-corrected chi connectivity index (χ4v) is 6.65. The van der Waals surface area contributed by atoms with Crippen LogP contribution >= 0.6 is 0 Å². The zero-order chi connectivity index (χ0) is 33.0. The number of nitrogens with zero attached hydrogens (tertiary/aromatic N) is 6. The molecule has 3 aliphatic rings. The first-order valence-electron chi connectivity index (χ1n) is 13.7. The van der Waals surface area contributed by atoms with Crippen LogP contribution in [0.3, 0.4) is 0 Å². The van der Waals surface area contributed by atoms with Gasteiger partial charge in [0.15, 0.2) is 11.4 Å². The maximum atomic E-state index is 14.2. The number of allylic oxidation sites excluding steroid dienone is 1. The summed E-state index contributed by atoms with van der Waals surface area (Å²) >= 11 is 0. The van der Waals surface area contributed by atoms with Gasteiger partial charge in [0.2, 0.25) is 11.5 Å². The van der Waals surface area contributed by atoms with Gasteiger partial charge < -0.3 is 40.8 Å². The highest BCUT2D eigenvalue weighted by atomic mass is 16.5. The summed E-state index contributed by atoms with van der Waals surface area (Å²) in [5.41, 5.74) is -3.64. The van der Waals surface area contributed by atoms with Crippen molar-refractivity contribution in [1.82, 2.24) is 15.4 Å². The molecule has 1 unspecified atom stereocenters. The summed E-state index contributed by atoms with van der Waals surface area (Å²) in [6.45, 7) is -0.219. The molecule has 1 aromatic carbocycles. The first kappa shape index (κ1) is 31.1. The number of aliphatic hydroxyl groups is 2. The van der Waals surface area contributed by atoms with E-state index < -0.39 is 69.6 Å². The Morgan fingerprint density at radius 3 is 2.51 bits per heavy atom. The lowest BCUT2D eigenvalue weighted by Crippen LogP contribution is -2.63. The van der Waals surface area contributed by atoms with Gasteiger partial charge in [-0.25, -0.2) is 0 Å². The zero-order valence-corrected chi connectivity index (χ0v) is 24.6. The number of aromatic nitrogens is 1. The number of hydrogen-bond acceptors (Lipinski definition) is 14. The van der Waals surface area contributed by atoms with Gasteiger partial charge >= 0.3 is 5.91 Å². The highest BCUT2D eigenvalue weighted by Gasteiger charge is 2.63. The Morgan fingerprint density at radius 2 is 1.93 bits per heavy atom. The van der Waals surface area contributed by atoms with Gasteiger partial charge in [-0.2, -0.15) is 0 Å². The van der Waals surface area contributed by atoms with Crippen LogP contribution in [-0.4, -0.2) is 88.6 Å². The number of hydrogen-bond donors (Lipinski definition) is 5. The molecule has 17 heteroatoms. The van der Waals surface area contributed by atoms with Gasteiger partial charge in [-0.3, -0.25) is 19.2 Å². The van der Waals surface area contributed by atoms with Crippen LogP contribution in [0, 0.1) is 16.7 Å². The number of Topliss-reactive ketones (excluding diaryl/α,β-unsaturated/α-hetero) is 2. The molecule has 5 rings (SSSR count). The third-order valence-electron chi connectivity index (χ3n) is 8.58. The molecule has 17 nitrogen and oxygen atoms in total. The van der Waals surface area contributed by atoms with Gasteiger partial charge in [-0.1, -0.05) is 15.5 Å². The number of ketones is 2. The molecule has 2 aromatic rings. The van der Waals surface area contributed by atoms with Crippen LogP contribution in [-0.2, 0) is 22.6 Å². The number of amides is 2. The topological polar surface area (TPSA) is 254 Å². The number of anilines is 1. The van der Waals surface area contributed by atoms with Crippen molar-refractivity contribution in [2.24, 2.45) is 33.2 Å². The van der Waals surface area contributed by atoms with Crippen molar-refractivity contribution >= 4 is 29.1 Å². The normalized spacial score (nSPS) is 24.4. The van der Waals surface area contributed by atoms with Crippen LogP contribution in [0.5, 0.6) is 5.75 Å². The number of benzene rings is 1. The minimum atomic E-state index is -2.83. The molecule has 4 atom stereocenters. The minimum absolute atomic E-state index is 0.0692. The summed E-state index contributed by atoms with van der Waals surface area (Å²) in [5, 5.41) is 49.9. The number of nitrogens with two attached hydrogens (primary N) is 1. The highest BCUT2D eigenvalue weighted by molar-refractivity contribution is 6.25. The average molecular weight is 623 g/mol. The molecule has 2 amide bonds. The third-order valence-corrected chi connectivity index (χ3v) is 8.58. The van der Waals surface area contributed by atoms with E-state index in [9.17, 15) is 39.4 Å². The van der Waals surface area contributed by atoms with Crippen molar-refractivity contribution < 1.29 is 39.0 Å². The lowest BCUT2D eigenvalue weighted by Gasteiger charge is -2.50. The number of fused-ring (bicyclic) bond motifs is 3.